The van der Waals surface area contributed by atoms with E-state index in [4.69, 9.17) is 11.6 Å². The Balaban J connectivity index is 2.35. The molecular formula is C14H10BrClN2O3. The normalized spacial score (nSPS) is 10.0. The average molecular weight is 370 g/mol. The molecule has 0 aliphatic heterocycles. The third kappa shape index (κ3) is 3.59. The highest BCUT2D eigenvalue weighted by molar-refractivity contribution is 9.10. The van der Waals surface area contributed by atoms with Crippen LogP contribution in [0.15, 0.2) is 41.1 Å². The lowest BCUT2D eigenvalue weighted by molar-refractivity contribution is 0.0602. The standard InChI is InChI=1S/C14H10BrClN2O3/c1-21-14(20)9-5-4-8(16)7-11(9)18-13(19)10-3-2-6-17-12(10)15/h2-7H,1H3,(H,18,19). The second kappa shape index (κ2) is 6.69. The van der Waals surface area contributed by atoms with Crippen molar-refractivity contribution >= 4 is 45.1 Å². The van der Waals surface area contributed by atoms with Gasteiger partial charge in [0.1, 0.15) is 4.60 Å². The zero-order chi connectivity index (χ0) is 15.4. The van der Waals surface area contributed by atoms with Crippen molar-refractivity contribution in [3.8, 4) is 0 Å². The van der Waals surface area contributed by atoms with Crippen molar-refractivity contribution in [3.05, 3.63) is 57.3 Å². The predicted molar refractivity (Wildman–Crippen MR) is 82.7 cm³/mol. The maximum absolute atomic E-state index is 12.2. The quantitative estimate of drug-likeness (QED) is 0.664. The second-order valence-electron chi connectivity index (χ2n) is 3.98. The summed E-state index contributed by atoms with van der Waals surface area (Å²) in [7, 11) is 1.26. The summed E-state index contributed by atoms with van der Waals surface area (Å²) in [6, 6.07) is 7.76. The lowest BCUT2D eigenvalue weighted by Gasteiger charge is -2.10. The number of rotatable bonds is 3. The Morgan fingerprint density at radius 3 is 2.71 bits per heavy atom. The van der Waals surface area contributed by atoms with Crippen LogP contribution >= 0.6 is 27.5 Å². The van der Waals surface area contributed by atoms with Gasteiger partial charge < -0.3 is 10.1 Å². The molecule has 21 heavy (non-hydrogen) atoms. The van der Waals surface area contributed by atoms with Crippen LogP contribution in [0.2, 0.25) is 5.02 Å². The molecule has 0 fully saturated rings. The van der Waals surface area contributed by atoms with Crippen molar-refractivity contribution in [3.63, 3.8) is 0 Å². The number of hydrogen-bond acceptors (Lipinski definition) is 4. The van der Waals surface area contributed by atoms with Crippen LogP contribution in [0.1, 0.15) is 20.7 Å². The van der Waals surface area contributed by atoms with Crippen LogP contribution < -0.4 is 5.32 Å². The molecule has 1 heterocycles. The first kappa shape index (κ1) is 15.5. The highest BCUT2D eigenvalue weighted by atomic mass is 79.9. The zero-order valence-electron chi connectivity index (χ0n) is 10.9. The van der Waals surface area contributed by atoms with Crippen LogP contribution in [0, 0.1) is 0 Å². The SMILES string of the molecule is COC(=O)c1ccc(Cl)cc1NC(=O)c1cccnc1Br. The first-order valence-electron chi connectivity index (χ1n) is 5.82. The number of anilines is 1. The van der Waals surface area contributed by atoms with E-state index in [1.54, 1.807) is 24.4 Å². The fraction of sp³-hybridized carbons (Fsp3) is 0.0714. The summed E-state index contributed by atoms with van der Waals surface area (Å²) in [5.41, 5.74) is 0.832. The minimum atomic E-state index is -0.563. The largest absolute Gasteiger partial charge is 0.465 e. The van der Waals surface area contributed by atoms with Crippen molar-refractivity contribution in [2.24, 2.45) is 0 Å². The average Bonchev–Trinajstić information content (AvgIpc) is 2.47. The van der Waals surface area contributed by atoms with Gasteiger partial charge in [0.15, 0.2) is 0 Å². The highest BCUT2D eigenvalue weighted by Crippen LogP contribution is 2.23. The summed E-state index contributed by atoms with van der Waals surface area (Å²) in [4.78, 5) is 27.9. The van der Waals surface area contributed by atoms with E-state index in [1.165, 1.54) is 19.2 Å². The molecule has 0 atom stereocenters. The first-order valence-corrected chi connectivity index (χ1v) is 6.99. The van der Waals surface area contributed by atoms with Gasteiger partial charge in [0, 0.05) is 11.2 Å². The molecule has 2 rings (SSSR count). The number of nitrogens with zero attached hydrogens (tertiary/aromatic N) is 1. The number of ether oxygens (including phenoxy) is 1. The van der Waals surface area contributed by atoms with Gasteiger partial charge in [0.2, 0.25) is 0 Å². The minimum Gasteiger partial charge on any atom is -0.465 e. The topological polar surface area (TPSA) is 68.3 Å². The second-order valence-corrected chi connectivity index (χ2v) is 5.16. The summed E-state index contributed by atoms with van der Waals surface area (Å²) in [6.07, 6.45) is 1.56. The van der Waals surface area contributed by atoms with Gasteiger partial charge in [-0.05, 0) is 46.3 Å². The molecule has 5 nitrogen and oxygen atoms in total. The van der Waals surface area contributed by atoms with Gasteiger partial charge in [-0.1, -0.05) is 11.6 Å². The number of methoxy groups -OCH3 is 1. The molecule has 1 aromatic heterocycles. The van der Waals surface area contributed by atoms with Crippen LogP contribution in [-0.2, 0) is 4.74 Å². The minimum absolute atomic E-state index is 0.218. The van der Waals surface area contributed by atoms with Crippen molar-refractivity contribution < 1.29 is 14.3 Å². The summed E-state index contributed by atoms with van der Waals surface area (Å²) in [5, 5.41) is 3.02. The van der Waals surface area contributed by atoms with E-state index in [2.05, 4.69) is 31.0 Å². The van der Waals surface area contributed by atoms with E-state index in [9.17, 15) is 9.59 Å². The van der Waals surface area contributed by atoms with Crippen LogP contribution in [0.25, 0.3) is 0 Å². The molecule has 0 saturated carbocycles. The lowest BCUT2D eigenvalue weighted by atomic mass is 10.1. The number of halogens is 2. The number of nitrogens with one attached hydrogen (secondary N) is 1. The van der Waals surface area contributed by atoms with Gasteiger partial charge in [-0.25, -0.2) is 9.78 Å². The summed E-state index contributed by atoms with van der Waals surface area (Å²) in [5.74, 6) is -0.977. The highest BCUT2D eigenvalue weighted by Gasteiger charge is 2.17. The van der Waals surface area contributed by atoms with Crippen molar-refractivity contribution in [2.75, 3.05) is 12.4 Å². The number of carbonyl (C=O) groups excluding carboxylic acids is 2. The van der Waals surface area contributed by atoms with Gasteiger partial charge >= 0.3 is 5.97 Å². The number of benzene rings is 1. The zero-order valence-corrected chi connectivity index (χ0v) is 13.2. The number of esters is 1. The Labute approximate surface area is 134 Å². The Bertz CT molecular complexity index is 706. The molecule has 108 valence electrons. The number of hydrogen-bond donors (Lipinski definition) is 1. The fourth-order valence-corrected chi connectivity index (χ4v) is 2.26. The maximum Gasteiger partial charge on any atom is 0.339 e. The van der Waals surface area contributed by atoms with Crippen molar-refractivity contribution in [2.45, 2.75) is 0 Å². The van der Waals surface area contributed by atoms with Crippen LogP contribution in [0.4, 0.5) is 5.69 Å². The molecule has 0 saturated heterocycles. The Hall–Kier alpha value is -1.92. The van der Waals surface area contributed by atoms with E-state index in [-0.39, 0.29) is 11.3 Å². The molecule has 0 spiro atoms. The third-order valence-electron chi connectivity index (χ3n) is 2.64. The molecule has 0 aliphatic rings. The molecule has 0 radical (unpaired) electrons. The van der Waals surface area contributed by atoms with E-state index in [0.717, 1.165) is 0 Å². The van der Waals surface area contributed by atoms with E-state index in [1.807, 2.05) is 0 Å². The summed E-state index contributed by atoms with van der Waals surface area (Å²) < 4.78 is 5.08. The van der Waals surface area contributed by atoms with E-state index < -0.39 is 11.9 Å². The first-order chi connectivity index (χ1) is 10.0. The molecule has 0 unspecified atom stereocenters. The molecule has 1 N–H and O–H groups in total. The fourth-order valence-electron chi connectivity index (χ4n) is 1.65. The van der Waals surface area contributed by atoms with Gasteiger partial charge in [-0.2, -0.15) is 0 Å². The monoisotopic (exact) mass is 368 g/mol. The summed E-state index contributed by atoms with van der Waals surface area (Å²) >= 11 is 9.10. The maximum atomic E-state index is 12.2. The van der Waals surface area contributed by atoms with Gasteiger partial charge in [-0.3, -0.25) is 4.79 Å². The molecule has 1 aromatic carbocycles. The van der Waals surface area contributed by atoms with Gasteiger partial charge in [-0.15, -0.1) is 0 Å². The smallest absolute Gasteiger partial charge is 0.339 e. The molecule has 7 heteroatoms. The van der Waals surface area contributed by atoms with Gasteiger partial charge in [0.25, 0.3) is 5.91 Å². The van der Waals surface area contributed by atoms with Gasteiger partial charge in [0.05, 0.1) is 23.9 Å². The Morgan fingerprint density at radius 1 is 1.29 bits per heavy atom. The Kier molecular flexibility index (Phi) is 4.93. The van der Waals surface area contributed by atoms with Crippen LogP contribution in [0.3, 0.4) is 0 Å². The van der Waals surface area contributed by atoms with E-state index >= 15 is 0 Å². The molecule has 1 amide bonds. The van der Waals surface area contributed by atoms with Crippen molar-refractivity contribution in [1.29, 1.82) is 0 Å². The predicted octanol–water partition coefficient (Wildman–Crippen LogP) is 3.54. The van der Waals surface area contributed by atoms with E-state index in [0.29, 0.717) is 15.2 Å². The number of pyridine rings is 1. The summed E-state index contributed by atoms with van der Waals surface area (Å²) in [6.45, 7) is 0. The number of amides is 1. The van der Waals surface area contributed by atoms with Crippen molar-refractivity contribution in [1.82, 2.24) is 4.98 Å². The molecule has 0 bridgehead atoms. The molecule has 0 aliphatic carbocycles. The molecular weight excluding hydrogens is 360 g/mol. The van der Waals surface area contributed by atoms with Crippen LogP contribution in [0.5, 0.6) is 0 Å². The Morgan fingerprint density at radius 2 is 2.05 bits per heavy atom. The molecule has 2 aromatic rings. The number of carbonyl (C=O) groups is 2. The number of aromatic nitrogens is 1. The lowest BCUT2D eigenvalue weighted by Crippen LogP contribution is -2.16. The van der Waals surface area contributed by atoms with Crippen LogP contribution in [-0.4, -0.2) is 24.0 Å². The third-order valence-corrected chi connectivity index (χ3v) is 3.51.